The van der Waals surface area contributed by atoms with Gasteiger partial charge in [-0.1, -0.05) is 0 Å². The SMILES string of the molecule is CN1CCC(CN(C)C(=O)c2csc(CCN)n2)CC1. The molecule has 1 saturated heterocycles. The summed E-state index contributed by atoms with van der Waals surface area (Å²) in [5, 5.41) is 2.79. The quantitative estimate of drug-likeness (QED) is 0.882. The lowest BCUT2D eigenvalue weighted by Gasteiger charge is -2.31. The molecule has 0 aromatic carbocycles. The molecule has 112 valence electrons. The summed E-state index contributed by atoms with van der Waals surface area (Å²) in [6.45, 7) is 3.66. The van der Waals surface area contributed by atoms with Crippen LogP contribution in [0.2, 0.25) is 0 Å². The van der Waals surface area contributed by atoms with Gasteiger partial charge in [-0.25, -0.2) is 4.98 Å². The van der Waals surface area contributed by atoms with Gasteiger partial charge in [-0.05, 0) is 45.4 Å². The van der Waals surface area contributed by atoms with Gasteiger partial charge in [0, 0.05) is 25.4 Å². The van der Waals surface area contributed by atoms with E-state index in [0.717, 1.165) is 31.1 Å². The second-order valence-corrected chi connectivity index (χ2v) is 6.54. The lowest BCUT2D eigenvalue weighted by Crippen LogP contribution is -2.38. The smallest absolute Gasteiger partial charge is 0.273 e. The lowest BCUT2D eigenvalue weighted by atomic mass is 9.96. The van der Waals surface area contributed by atoms with Crippen molar-refractivity contribution in [3.63, 3.8) is 0 Å². The third-order valence-electron chi connectivity index (χ3n) is 3.85. The second-order valence-electron chi connectivity index (χ2n) is 5.60. The molecule has 1 aliphatic heterocycles. The van der Waals surface area contributed by atoms with Crippen molar-refractivity contribution in [2.45, 2.75) is 19.3 Å². The number of carbonyl (C=O) groups excluding carboxylic acids is 1. The fourth-order valence-corrected chi connectivity index (χ4v) is 3.35. The molecule has 0 bridgehead atoms. The molecule has 0 saturated carbocycles. The third-order valence-corrected chi connectivity index (χ3v) is 4.75. The molecule has 1 aliphatic rings. The Bertz CT molecular complexity index is 440. The van der Waals surface area contributed by atoms with E-state index >= 15 is 0 Å². The van der Waals surface area contributed by atoms with Crippen LogP contribution in [0.1, 0.15) is 28.3 Å². The predicted molar refractivity (Wildman–Crippen MR) is 82.1 cm³/mol. The Morgan fingerprint density at radius 2 is 2.25 bits per heavy atom. The number of nitrogens with zero attached hydrogens (tertiary/aromatic N) is 3. The number of thiazole rings is 1. The molecular formula is C14H24N4OS. The van der Waals surface area contributed by atoms with Gasteiger partial charge in [0.15, 0.2) is 0 Å². The van der Waals surface area contributed by atoms with E-state index in [-0.39, 0.29) is 5.91 Å². The minimum Gasteiger partial charge on any atom is -0.340 e. The zero-order chi connectivity index (χ0) is 14.5. The van der Waals surface area contributed by atoms with E-state index in [4.69, 9.17) is 5.73 Å². The number of aromatic nitrogens is 1. The summed E-state index contributed by atoms with van der Waals surface area (Å²) in [4.78, 5) is 20.9. The Morgan fingerprint density at radius 1 is 1.55 bits per heavy atom. The topological polar surface area (TPSA) is 62.5 Å². The summed E-state index contributed by atoms with van der Waals surface area (Å²) in [7, 11) is 4.03. The Morgan fingerprint density at radius 3 is 2.90 bits per heavy atom. The normalized spacial score (nSPS) is 17.4. The maximum absolute atomic E-state index is 12.3. The number of carbonyl (C=O) groups is 1. The van der Waals surface area contributed by atoms with Crippen LogP contribution in [-0.2, 0) is 6.42 Å². The molecule has 1 amide bonds. The molecule has 1 aromatic rings. The van der Waals surface area contributed by atoms with Crippen molar-refractivity contribution in [2.24, 2.45) is 11.7 Å². The maximum atomic E-state index is 12.3. The summed E-state index contributed by atoms with van der Waals surface area (Å²) >= 11 is 1.52. The molecule has 6 heteroatoms. The fraction of sp³-hybridized carbons (Fsp3) is 0.714. The van der Waals surface area contributed by atoms with Crippen LogP contribution in [0.25, 0.3) is 0 Å². The van der Waals surface area contributed by atoms with Crippen LogP contribution in [0.5, 0.6) is 0 Å². The number of piperidine rings is 1. The second kappa shape index (κ2) is 7.15. The fourth-order valence-electron chi connectivity index (χ4n) is 2.56. The zero-order valence-corrected chi connectivity index (χ0v) is 13.2. The Balaban J connectivity index is 1.87. The number of rotatable bonds is 5. The minimum atomic E-state index is 0.0310. The summed E-state index contributed by atoms with van der Waals surface area (Å²) < 4.78 is 0. The average Bonchev–Trinajstić information content (AvgIpc) is 2.89. The average molecular weight is 296 g/mol. The monoisotopic (exact) mass is 296 g/mol. The van der Waals surface area contributed by atoms with Gasteiger partial charge in [0.1, 0.15) is 5.69 Å². The third kappa shape index (κ3) is 4.01. The molecule has 2 N–H and O–H groups in total. The highest BCUT2D eigenvalue weighted by molar-refractivity contribution is 7.09. The van der Waals surface area contributed by atoms with Crippen LogP contribution in [0, 0.1) is 5.92 Å². The maximum Gasteiger partial charge on any atom is 0.273 e. The molecule has 0 spiro atoms. The van der Waals surface area contributed by atoms with Gasteiger partial charge in [-0.2, -0.15) is 0 Å². The first-order valence-corrected chi connectivity index (χ1v) is 8.06. The molecule has 0 aliphatic carbocycles. The molecule has 2 rings (SSSR count). The van der Waals surface area contributed by atoms with Gasteiger partial charge in [0.05, 0.1) is 5.01 Å². The van der Waals surface area contributed by atoms with E-state index in [1.807, 2.05) is 17.3 Å². The summed E-state index contributed by atoms with van der Waals surface area (Å²) in [5.41, 5.74) is 6.07. The van der Waals surface area contributed by atoms with Crippen molar-refractivity contribution < 1.29 is 4.79 Å². The lowest BCUT2D eigenvalue weighted by molar-refractivity contribution is 0.0742. The van der Waals surface area contributed by atoms with Crippen molar-refractivity contribution in [1.29, 1.82) is 0 Å². The first kappa shape index (κ1) is 15.4. The number of nitrogens with two attached hydrogens (primary N) is 1. The van der Waals surface area contributed by atoms with E-state index in [9.17, 15) is 4.79 Å². The summed E-state index contributed by atoms with van der Waals surface area (Å²) in [5.74, 6) is 0.644. The van der Waals surface area contributed by atoms with E-state index in [2.05, 4.69) is 16.9 Å². The molecule has 0 unspecified atom stereocenters. The van der Waals surface area contributed by atoms with Gasteiger partial charge in [-0.15, -0.1) is 11.3 Å². The largest absolute Gasteiger partial charge is 0.340 e. The van der Waals surface area contributed by atoms with Gasteiger partial charge in [0.25, 0.3) is 5.91 Å². The standard InChI is InChI=1S/C14H24N4OS/c1-17-7-4-11(5-8-17)9-18(2)14(19)12-10-20-13(16-12)3-6-15/h10-11H,3-9,15H2,1-2H3. The van der Waals surface area contributed by atoms with Crippen LogP contribution in [-0.4, -0.2) is 61.0 Å². The molecule has 1 aromatic heterocycles. The molecule has 0 atom stereocenters. The molecule has 1 fully saturated rings. The van der Waals surface area contributed by atoms with Gasteiger partial charge in [0.2, 0.25) is 0 Å². The van der Waals surface area contributed by atoms with E-state index in [1.165, 1.54) is 24.2 Å². The van der Waals surface area contributed by atoms with Crippen LogP contribution in [0.3, 0.4) is 0 Å². The van der Waals surface area contributed by atoms with Gasteiger partial charge < -0.3 is 15.5 Å². The number of amides is 1. The molecule has 0 radical (unpaired) electrons. The molecule has 20 heavy (non-hydrogen) atoms. The van der Waals surface area contributed by atoms with Crippen LogP contribution >= 0.6 is 11.3 Å². The van der Waals surface area contributed by atoms with Crippen LogP contribution in [0.15, 0.2) is 5.38 Å². The van der Waals surface area contributed by atoms with Gasteiger partial charge >= 0.3 is 0 Å². The van der Waals surface area contributed by atoms with Crippen molar-refractivity contribution in [3.05, 3.63) is 16.1 Å². The summed E-state index contributed by atoms with van der Waals surface area (Å²) in [6.07, 6.45) is 3.09. The predicted octanol–water partition coefficient (Wildman–Crippen LogP) is 1.06. The Labute approximate surface area is 124 Å². The van der Waals surface area contributed by atoms with Crippen LogP contribution in [0.4, 0.5) is 0 Å². The minimum absolute atomic E-state index is 0.0310. The van der Waals surface area contributed by atoms with Crippen molar-refractivity contribution in [2.75, 3.05) is 40.3 Å². The van der Waals surface area contributed by atoms with Crippen LogP contribution < -0.4 is 5.73 Å². The van der Waals surface area contributed by atoms with Crippen molar-refractivity contribution >= 4 is 17.2 Å². The molecule has 2 heterocycles. The molecule has 5 nitrogen and oxygen atoms in total. The highest BCUT2D eigenvalue weighted by atomic mass is 32.1. The highest BCUT2D eigenvalue weighted by Gasteiger charge is 2.22. The highest BCUT2D eigenvalue weighted by Crippen LogP contribution is 2.18. The first-order chi connectivity index (χ1) is 9.60. The van der Waals surface area contributed by atoms with Crippen molar-refractivity contribution in [1.82, 2.24) is 14.8 Å². The zero-order valence-electron chi connectivity index (χ0n) is 12.3. The Hall–Kier alpha value is -0.980. The van der Waals surface area contributed by atoms with Crippen molar-refractivity contribution in [3.8, 4) is 0 Å². The number of likely N-dealkylation sites (tertiary alicyclic amines) is 1. The number of hydrogen-bond acceptors (Lipinski definition) is 5. The van der Waals surface area contributed by atoms with E-state index in [1.54, 1.807) is 0 Å². The van der Waals surface area contributed by atoms with E-state index < -0.39 is 0 Å². The number of hydrogen-bond donors (Lipinski definition) is 1. The van der Waals surface area contributed by atoms with E-state index in [0.29, 0.717) is 18.2 Å². The first-order valence-electron chi connectivity index (χ1n) is 7.18. The van der Waals surface area contributed by atoms with Gasteiger partial charge in [-0.3, -0.25) is 4.79 Å². The summed E-state index contributed by atoms with van der Waals surface area (Å²) in [6, 6.07) is 0. The molecular weight excluding hydrogens is 272 g/mol. The Kier molecular flexibility index (Phi) is 5.51.